The molecule has 0 N–H and O–H groups in total. The number of carbonyl (C=O) groups is 2. The lowest BCUT2D eigenvalue weighted by molar-refractivity contribution is -0.131. The van der Waals surface area contributed by atoms with E-state index in [2.05, 4.69) is 6.92 Å². The summed E-state index contributed by atoms with van der Waals surface area (Å²) in [5.41, 5.74) is 1.28. The van der Waals surface area contributed by atoms with Gasteiger partial charge in [0.15, 0.2) is 0 Å². The van der Waals surface area contributed by atoms with Crippen molar-refractivity contribution in [1.29, 1.82) is 0 Å². The molecule has 4 nitrogen and oxygen atoms in total. The first-order valence-electron chi connectivity index (χ1n) is 5.99. The summed E-state index contributed by atoms with van der Waals surface area (Å²) in [7, 11) is 0. The Labute approximate surface area is 103 Å². The molecule has 1 aliphatic rings. The van der Waals surface area contributed by atoms with E-state index in [4.69, 9.17) is 4.74 Å². The Balaban J connectivity index is 2.62. The Morgan fingerprint density at radius 1 is 1.41 bits per heavy atom. The molecule has 2 amide bonds. The average Bonchev–Trinajstić information content (AvgIpc) is 2.13. The lowest BCUT2D eigenvalue weighted by Crippen LogP contribution is -2.51. The van der Waals surface area contributed by atoms with E-state index < -0.39 is 11.7 Å². The van der Waals surface area contributed by atoms with Crippen LogP contribution < -0.4 is 0 Å². The number of likely N-dealkylation sites (tertiary alicyclic amines) is 1. The molecule has 0 radical (unpaired) electrons. The number of rotatable bonds is 2. The van der Waals surface area contributed by atoms with E-state index in [0.29, 0.717) is 6.54 Å². The zero-order chi connectivity index (χ0) is 13.2. The second kappa shape index (κ2) is 4.90. The van der Waals surface area contributed by atoms with Crippen LogP contribution in [0.2, 0.25) is 0 Å². The summed E-state index contributed by atoms with van der Waals surface area (Å²) in [6.07, 6.45) is 1.37. The first kappa shape index (κ1) is 13.7. The quantitative estimate of drug-likeness (QED) is 0.550. The molecule has 4 heteroatoms. The van der Waals surface area contributed by atoms with Gasteiger partial charge in [0.05, 0.1) is 6.54 Å². The molecule has 1 fully saturated rings. The van der Waals surface area contributed by atoms with Gasteiger partial charge in [0, 0.05) is 5.57 Å². The molecule has 1 aliphatic heterocycles. The fraction of sp³-hybridized carbons (Fsp3) is 0.692. The second-order valence-electron chi connectivity index (χ2n) is 5.38. The third-order valence-corrected chi connectivity index (χ3v) is 2.57. The molecule has 0 unspecified atom stereocenters. The van der Waals surface area contributed by atoms with Crippen molar-refractivity contribution in [3.8, 4) is 0 Å². The molecule has 1 heterocycles. The van der Waals surface area contributed by atoms with Crippen LogP contribution in [-0.4, -0.2) is 29.0 Å². The summed E-state index contributed by atoms with van der Waals surface area (Å²) in [5.74, 6) is -0.204. The molecule has 0 bridgehead atoms. The minimum atomic E-state index is -0.560. The van der Waals surface area contributed by atoms with Gasteiger partial charge in [-0.25, -0.2) is 9.69 Å². The van der Waals surface area contributed by atoms with E-state index >= 15 is 0 Å². The summed E-state index contributed by atoms with van der Waals surface area (Å²) in [5, 5.41) is 0. The minimum absolute atomic E-state index is 0.204. The van der Waals surface area contributed by atoms with Crippen LogP contribution in [0.25, 0.3) is 0 Å². The molecule has 1 saturated heterocycles. The normalized spacial score (nSPS) is 18.9. The Hall–Kier alpha value is -1.32. The predicted molar refractivity (Wildman–Crippen MR) is 65.6 cm³/mol. The molecule has 0 saturated carbocycles. The van der Waals surface area contributed by atoms with Crippen molar-refractivity contribution >= 4 is 12.0 Å². The number of hydrogen-bond donors (Lipinski definition) is 0. The van der Waals surface area contributed by atoms with Gasteiger partial charge >= 0.3 is 6.09 Å². The molecule has 0 aliphatic carbocycles. The Kier molecular flexibility index (Phi) is 3.96. The van der Waals surface area contributed by atoms with Crippen molar-refractivity contribution in [1.82, 2.24) is 4.90 Å². The van der Waals surface area contributed by atoms with Crippen LogP contribution >= 0.6 is 0 Å². The fourth-order valence-corrected chi connectivity index (χ4v) is 1.68. The third-order valence-electron chi connectivity index (χ3n) is 2.57. The topological polar surface area (TPSA) is 46.6 Å². The van der Waals surface area contributed by atoms with E-state index in [9.17, 15) is 9.59 Å². The molecule has 0 spiro atoms. The van der Waals surface area contributed by atoms with E-state index in [1.807, 2.05) is 6.92 Å². The Morgan fingerprint density at radius 3 is 2.41 bits per heavy atom. The maximum Gasteiger partial charge on any atom is 0.417 e. The zero-order valence-electron chi connectivity index (χ0n) is 11.3. The standard InChI is InChI=1S/C13H21NO3/c1-6-7-9(2)10-8-14(11(10)15)12(16)17-13(3,4)5/h6-8H2,1-5H3/b10-9+. The van der Waals surface area contributed by atoms with Gasteiger partial charge in [0.25, 0.3) is 5.91 Å². The number of ether oxygens (including phenoxy) is 1. The average molecular weight is 239 g/mol. The van der Waals surface area contributed by atoms with Gasteiger partial charge in [0.1, 0.15) is 5.60 Å². The molecule has 0 aromatic carbocycles. The molecule has 1 rings (SSSR count). The summed E-state index contributed by atoms with van der Waals surface area (Å²) in [6, 6.07) is 0. The van der Waals surface area contributed by atoms with E-state index in [1.54, 1.807) is 20.8 Å². The number of amides is 2. The van der Waals surface area contributed by atoms with Crippen LogP contribution in [0.3, 0.4) is 0 Å². The van der Waals surface area contributed by atoms with E-state index in [-0.39, 0.29) is 5.91 Å². The second-order valence-corrected chi connectivity index (χ2v) is 5.38. The summed E-state index contributed by atoms with van der Waals surface area (Å²) in [4.78, 5) is 24.6. The van der Waals surface area contributed by atoms with E-state index in [1.165, 1.54) is 0 Å². The molecule has 0 aromatic rings. The van der Waals surface area contributed by atoms with Crippen molar-refractivity contribution in [2.45, 2.75) is 53.1 Å². The maximum atomic E-state index is 11.8. The van der Waals surface area contributed by atoms with Gasteiger partial charge in [-0.2, -0.15) is 0 Å². The van der Waals surface area contributed by atoms with Crippen molar-refractivity contribution in [2.75, 3.05) is 6.54 Å². The zero-order valence-corrected chi connectivity index (χ0v) is 11.3. The highest BCUT2D eigenvalue weighted by molar-refractivity contribution is 6.09. The summed E-state index contributed by atoms with van der Waals surface area (Å²) >= 11 is 0. The van der Waals surface area contributed by atoms with Gasteiger partial charge in [-0.15, -0.1) is 0 Å². The van der Waals surface area contributed by atoms with Crippen LogP contribution in [0.5, 0.6) is 0 Å². The number of hydrogen-bond acceptors (Lipinski definition) is 3. The van der Waals surface area contributed by atoms with Gasteiger partial charge in [-0.1, -0.05) is 18.9 Å². The van der Waals surface area contributed by atoms with Crippen LogP contribution in [0.15, 0.2) is 11.1 Å². The van der Waals surface area contributed by atoms with Crippen molar-refractivity contribution in [2.24, 2.45) is 0 Å². The van der Waals surface area contributed by atoms with Crippen LogP contribution in [0, 0.1) is 0 Å². The highest BCUT2D eigenvalue weighted by atomic mass is 16.6. The number of nitrogens with zero attached hydrogens (tertiary/aromatic N) is 1. The minimum Gasteiger partial charge on any atom is -0.443 e. The highest BCUT2D eigenvalue weighted by Crippen LogP contribution is 2.24. The maximum absolute atomic E-state index is 11.8. The first-order valence-corrected chi connectivity index (χ1v) is 5.99. The monoisotopic (exact) mass is 239 g/mol. The Bertz CT molecular complexity index is 363. The number of allylic oxidation sites excluding steroid dienone is 1. The lowest BCUT2D eigenvalue weighted by Gasteiger charge is -2.34. The van der Waals surface area contributed by atoms with Gasteiger partial charge < -0.3 is 4.74 Å². The molecule has 0 atom stereocenters. The smallest absolute Gasteiger partial charge is 0.417 e. The molecular weight excluding hydrogens is 218 g/mol. The summed E-state index contributed by atoms with van der Waals surface area (Å²) < 4.78 is 5.14. The van der Waals surface area contributed by atoms with Crippen molar-refractivity contribution in [3.05, 3.63) is 11.1 Å². The van der Waals surface area contributed by atoms with Crippen LogP contribution in [0.1, 0.15) is 47.5 Å². The lowest BCUT2D eigenvalue weighted by atomic mass is 9.98. The van der Waals surface area contributed by atoms with Gasteiger partial charge in [-0.05, 0) is 34.1 Å². The van der Waals surface area contributed by atoms with Gasteiger partial charge in [-0.3, -0.25) is 4.79 Å². The first-order chi connectivity index (χ1) is 7.76. The molecule has 0 aromatic heterocycles. The van der Waals surface area contributed by atoms with Gasteiger partial charge in [0.2, 0.25) is 0 Å². The van der Waals surface area contributed by atoms with Crippen LogP contribution in [0.4, 0.5) is 4.79 Å². The van der Waals surface area contributed by atoms with Crippen LogP contribution in [-0.2, 0) is 9.53 Å². The Morgan fingerprint density at radius 2 is 2.00 bits per heavy atom. The molecular formula is C13H21NO3. The third kappa shape index (κ3) is 3.32. The predicted octanol–water partition coefficient (Wildman–Crippen LogP) is 2.88. The highest BCUT2D eigenvalue weighted by Gasteiger charge is 2.39. The SMILES string of the molecule is CCC/C(C)=C1\CN(C(=O)OC(C)(C)C)C1=O. The van der Waals surface area contributed by atoms with Crippen molar-refractivity contribution in [3.63, 3.8) is 0 Å². The largest absolute Gasteiger partial charge is 0.443 e. The van der Waals surface area contributed by atoms with Crippen molar-refractivity contribution < 1.29 is 14.3 Å². The molecule has 96 valence electrons. The number of carbonyl (C=O) groups excluding carboxylic acids is 2. The number of β-lactam (4-membered cyclic amide) rings is 1. The fourth-order valence-electron chi connectivity index (χ4n) is 1.68. The van der Waals surface area contributed by atoms with E-state index in [0.717, 1.165) is 28.9 Å². The number of imide groups is 1. The summed E-state index contributed by atoms with van der Waals surface area (Å²) in [6.45, 7) is 9.76. The molecule has 17 heavy (non-hydrogen) atoms.